The van der Waals surface area contributed by atoms with Crippen molar-refractivity contribution in [3.63, 3.8) is 0 Å². The van der Waals surface area contributed by atoms with Gasteiger partial charge in [0.15, 0.2) is 0 Å². The van der Waals surface area contributed by atoms with Gasteiger partial charge in [0.1, 0.15) is 17.3 Å². The summed E-state index contributed by atoms with van der Waals surface area (Å²) in [5.74, 6) is 1.29. The Morgan fingerprint density at radius 1 is 1.14 bits per heavy atom. The number of nitrogens with zero attached hydrogens (tertiary/aromatic N) is 1. The van der Waals surface area contributed by atoms with Crippen molar-refractivity contribution < 1.29 is 4.74 Å². The highest BCUT2D eigenvalue weighted by Gasteiger charge is 2.08. The molecule has 14 heavy (non-hydrogen) atoms. The summed E-state index contributed by atoms with van der Waals surface area (Å²) < 4.78 is 5.38. The van der Waals surface area contributed by atoms with Crippen LogP contribution in [0.25, 0.3) is 0 Å². The van der Waals surface area contributed by atoms with Crippen LogP contribution in [0.15, 0.2) is 30.3 Å². The van der Waals surface area contributed by atoms with Crippen LogP contribution >= 0.6 is 0 Å². The zero-order chi connectivity index (χ0) is 9.97. The van der Waals surface area contributed by atoms with Crippen LogP contribution in [0.4, 0.5) is 11.5 Å². The molecule has 0 atom stereocenters. The molecule has 5 heteroatoms. The van der Waals surface area contributed by atoms with E-state index in [1.54, 1.807) is 0 Å². The largest absolute Gasteiger partial charge is 0.436 e. The van der Waals surface area contributed by atoms with E-state index in [0.29, 0.717) is 23.1 Å². The molecule has 0 saturated carbocycles. The van der Waals surface area contributed by atoms with E-state index in [-0.39, 0.29) is 0 Å². The quantitative estimate of drug-likeness (QED) is 0.667. The second kappa shape index (κ2) is 3.29. The predicted molar refractivity (Wildman–Crippen MR) is 53.9 cm³/mol. The number of nitrogens with two attached hydrogens (primary N) is 2. The summed E-state index contributed by atoms with van der Waals surface area (Å²) in [6.45, 7) is 0. The predicted octanol–water partition coefficient (Wildman–Crippen LogP) is 1.37. The van der Waals surface area contributed by atoms with Gasteiger partial charge in [-0.15, -0.1) is 5.10 Å². The Labute approximate surface area is 80.7 Å². The first-order valence-corrected chi connectivity index (χ1v) is 4.09. The first-order valence-electron chi connectivity index (χ1n) is 4.09. The molecule has 0 saturated heterocycles. The molecule has 1 aromatic carbocycles. The van der Waals surface area contributed by atoms with Crippen LogP contribution in [-0.4, -0.2) is 10.2 Å². The van der Waals surface area contributed by atoms with Crippen molar-refractivity contribution in [1.29, 1.82) is 0 Å². The highest BCUT2D eigenvalue weighted by Crippen LogP contribution is 2.27. The summed E-state index contributed by atoms with van der Waals surface area (Å²) in [5.41, 5.74) is 11.4. The summed E-state index contributed by atoms with van der Waals surface area (Å²) in [5, 5.41) is 6.35. The van der Waals surface area contributed by atoms with Gasteiger partial charge in [0.2, 0.25) is 0 Å². The van der Waals surface area contributed by atoms with Crippen LogP contribution in [0.3, 0.4) is 0 Å². The number of hydrogen-bond acceptors (Lipinski definition) is 4. The van der Waals surface area contributed by atoms with E-state index in [2.05, 4.69) is 10.2 Å². The maximum absolute atomic E-state index is 5.61. The fourth-order valence-corrected chi connectivity index (χ4v) is 1.02. The second-order valence-electron chi connectivity index (χ2n) is 2.77. The van der Waals surface area contributed by atoms with Gasteiger partial charge in [-0.2, -0.15) is 0 Å². The number of rotatable bonds is 2. The van der Waals surface area contributed by atoms with Crippen LogP contribution in [-0.2, 0) is 0 Å². The van der Waals surface area contributed by atoms with Crippen molar-refractivity contribution >= 4 is 11.5 Å². The molecule has 0 bridgehead atoms. The number of ether oxygens (including phenoxy) is 1. The minimum Gasteiger partial charge on any atom is -0.436 e. The van der Waals surface area contributed by atoms with Crippen molar-refractivity contribution in [2.45, 2.75) is 0 Å². The number of nitrogen functional groups attached to an aromatic ring is 2. The molecule has 0 aliphatic rings. The van der Waals surface area contributed by atoms with Crippen molar-refractivity contribution in [2.24, 2.45) is 0 Å². The standard InChI is InChI=1S/C9H10N4O/c10-7-8(11)12-13-9(7)14-6-4-2-1-3-5-6/h1-5H,10H2,(H3,11,12,13). The van der Waals surface area contributed by atoms with Crippen LogP contribution in [0.1, 0.15) is 0 Å². The number of benzene rings is 1. The molecule has 1 aromatic heterocycles. The van der Waals surface area contributed by atoms with Crippen LogP contribution in [0, 0.1) is 0 Å². The molecule has 0 unspecified atom stereocenters. The Hall–Kier alpha value is -2.17. The van der Waals surface area contributed by atoms with Gasteiger partial charge in [0, 0.05) is 0 Å². The van der Waals surface area contributed by atoms with Gasteiger partial charge in [-0.1, -0.05) is 18.2 Å². The monoisotopic (exact) mass is 190 g/mol. The number of para-hydroxylation sites is 1. The molecule has 5 N–H and O–H groups in total. The molecule has 72 valence electrons. The number of aromatic nitrogens is 2. The van der Waals surface area contributed by atoms with E-state index in [0.717, 1.165) is 0 Å². The van der Waals surface area contributed by atoms with Crippen molar-refractivity contribution in [3.05, 3.63) is 30.3 Å². The van der Waals surface area contributed by atoms with Gasteiger partial charge in [-0.05, 0) is 12.1 Å². The van der Waals surface area contributed by atoms with E-state index in [9.17, 15) is 0 Å². The number of hydrogen-bond donors (Lipinski definition) is 3. The molecule has 0 aliphatic heterocycles. The smallest absolute Gasteiger partial charge is 0.263 e. The second-order valence-corrected chi connectivity index (χ2v) is 2.77. The summed E-state index contributed by atoms with van der Waals surface area (Å²) in [7, 11) is 0. The molecular weight excluding hydrogens is 180 g/mol. The molecule has 2 rings (SSSR count). The minimum atomic E-state index is 0.300. The molecule has 0 fully saturated rings. The Kier molecular flexibility index (Phi) is 1.98. The molecule has 1 heterocycles. The Bertz CT molecular complexity index is 424. The third kappa shape index (κ3) is 1.47. The lowest BCUT2D eigenvalue weighted by Crippen LogP contribution is -1.93. The first kappa shape index (κ1) is 8.43. The Morgan fingerprint density at radius 3 is 2.43 bits per heavy atom. The van der Waals surface area contributed by atoms with Gasteiger partial charge >= 0.3 is 0 Å². The molecule has 5 nitrogen and oxygen atoms in total. The molecule has 0 radical (unpaired) electrons. The Balaban J connectivity index is 2.23. The maximum Gasteiger partial charge on any atom is 0.263 e. The maximum atomic E-state index is 5.61. The molecule has 2 aromatic rings. The molecule has 0 spiro atoms. The summed E-state index contributed by atoms with van der Waals surface area (Å²) in [4.78, 5) is 0. The van der Waals surface area contributed by atoms with Crippen LogP contribution in [0.2, 0.25) is 0 Å². The van der Waals surface area contributed by atoms with E-state index in [4.69, 9.17) is 16.2 Å². The van der Waals surface area contributed by atoms with E-state index < -0.39 is 0 Å². The number of aromatic amines is 1. The van der Waals surface area contributed by atoms with Crippen molar-refractivity contribution in [1.82, 2.24) is 10.2 Å². The SMILES string of the molecule is Nc1[nH]nc(Oc2ccccc2)c1N. The van der Waals surface area contributed by atoms with E-state index in [1.165, 1.54) is 0 Å². The Morgan fingerprint density at radius 2 is 1.86 bits per heavy atom. The highest BCUT2D eigenvalue weighted by molar-refractivity contribution is 5.65. The average molecular weight is 190 g/mol. The normalized spacial score (nSPS) is 10.0. The van der Waals surface area contributed by atoms with Crippen molar-refractivity contribution in [3.8, 4) is 11.6 Å². The van der Waals surface area contributed by atoms with Gasteiger partial charge in [-0.3, -0.25) is 5.10 Å². The van der Waals surface area contributed by atoms with Gasteiger partial charge in [0.05, 0.1) is 0 Å². The third-order valence-electron chi connectivity index (χ3n) is 1.76. The zero-order valence-corrected chi connectivity index (χ0v) is 7.40. The van der Waals surface area contributed by atoms with E-state index >= 15 is 0 Å². The number of nitrogens with one attached hydrogen (secondary N) is 1. The lowest BCUT2D eigenvalue weighted by atomic mass is 10.3. The number of H-pyrrole nitrogens is 1. The fraction of sp³-hybridized carbons (Fsp3) is 0. The highest BCUT2D eigenvalue weighted by atomic mass is 16.5. The van der Waals surface area contributed by atoms with Crippen molar-refractivity contribution in [2.75, 3.05) is 11.5 Å². The lowest BCUT2D eigenvalue weighted by Gasteiger charge is -2.01. The van der Waals surface area contributed by atoms with Gasteiger partial charge < -0.3 is 16.2 Å². The van der Waals surface area contributed by atoms with Crippen LogP contribution in [0.5, 0.6) is 11.6 Å². The third-order valence-corrected chi connectivity index (χ3v) is 1.76. The molecular formula is C9H10N4O. The summed E-state index contributed by atoms with van der Waals surface area (Å²) in [6.07, 6.45) is 0. The molecule has 0 amide bonds. The van der Waals surface area contributed by atoms with Crippen LogP contribution < -0.4 is 16.2 Å². The first-order chi connectivity index (χ1) is 6.77. The van der Waals surface area contributed by atoms with Gasteiger partial charge in [0.25, 0.3) is 5.88 Å². The summed E-state index contributed by atoms with van der Waals surface area (Å²) in [6, 6.07) is 9.24. The van der Waals surface area contributed by atoms with E-state index in [1.807, 2.05) is 30.3 Å². The summed E-state index contributed by atoms with van der Waals surface area (Å²) >= 11 is 0. The van der Waals surface area contributed by atoms with Gasteiger partial charge in [-0.25, -0.2) is 0 Å². The topological polar surface area (TPSA) is 90.0 Å². The lowest BCUT2D eigenvalue weighted by molar-refractivity contribution is 0.464. The minimum absolute atomic E-state index is 0.300. The zero-order valence-electron chi connectivity index (χ0n) is 7.40. The average Bonchev–Trinajstić information content (AvgIpc) is 2.52. The fourth-order valence-electron chi connectivity index (χ4n) is 1.02. The number of anilines is 2. The molecule has 0 aliphatic carbocycles.